The number of nitrogens with zero attached hydrogens (tertiary/aromatic N) is 1. The molecule has 0 fully saturated rings. The summed E-state index contributed by atoms with van der Waals surface area (Å²) >= 11 is 7.33. The van der Waals surface area contributed by atoms with Gasteiger partial charge in [0.15, 0.2) is 0 Å². The number of para-hydroxylation sites is 1. The predicted molar refractivity (Wildman–Crippen MR) is 127 cm³/mol. The van der Waals surface area contributed by atoms with Gasteiger partial charge in [-0.1, -0.05) is 34.1 Å². The van der Waals surface area contributed by atoms with Crippen molar-refractivity contribution in [3.05, 3.63) is 69.1 Å². The highest BCUT2D eigenvalue weighted by Crippen LogP contribution is 2.42. The quantitative estimate of drug-likeness (QED) is 0.324. The zero-order chi connectivity index (χ0) is 20.5. The van der Waals surface area contributed by atoms with Crippen LogP contribution >= 0.6 is 31.9 Å². The minimum absolute atomic E-state index is 0.470. The van der Waals surface area contributed by atoms with Crippen LogP contribution in [-0.4, -0.2) is 29.4 Å². The summed E-state index contributed by atoms with van der Waals surface area (Å²) in [5.41, 5.74) is 4.29. The van der Waals surface area contributed by atoms with E-state index in [0.717, 1.165) is 47.8 Å². The Balaban J connectivity index is 1.77. The van der Waals surface area contributed by atoms with Crippen molar-refractivity contribution >= 4 is 59.4 Å². The van der Waals surface area contributed by atoms with Crippen molar-refractivity contribution in [1.29, 1.82) is 0 Å². The smallest absolute Gasteiger partial charge is 0.134 e. The second-order valence-electron chi connectivity index (χ2n) is 7.11. The second-order valence-corrected chi connectivity index (χ2v) is 8.81. The van der Waals surface area contributed by atoms with Gasteiger partial charge in [0, 0.05) is 33.0 Å². The van der Waals surface area contributed by atoms with E-state index in [0.29, 0.717) is 13.1 Å². The number of fused-ring (bicyclic) bond motifs is 3. The summed E-state index contributed by atoms with van der Waals surface area (Å²) in [6.07, 6.45) is -0.544. The maximum absolute atomic E-state index is 10.8. The molecule has 1 unspecified atom stereocenters. The number of hydrogen-bond acceptors (Lipinski definition) is 3. The van der Waals surface area contributed by atoms with Gasteiger partial charge in [0.25, 0.3) is 0 Å². The molecule has 150 valence electrons. The first-order valence-corrected chi connectivity index (χ1v) is 11.0. The number of aryl methyl sites for hydroxylation is 1. The number of aliphatic hydroxyl groups is 1. The van der Waals surface area contributed by atoms with Crippen LogP contribution in [-0.2, 0) is 6.54 Å². The molecule has 0 saturated carbocycles. The summed E-state index contributed by atoms with van der Waals surface area (Å²) in [6.45, 7) is 3.04. The molecule has 0 spiro atoms. The maximum atomic E-state index is 10.8. The number of ether oxygens (including phenoxy) is 1. The van der Waals surface area contributed by atoms with Crippen molar-refractivity contribution in [2.45, 2.75) is 19.6 Å². The molecule has 2 N–H and O–H groups in total. The molecule has 0 saturated heterocycles. The van der Waals surface area contributed by atoms with E-state index in [2.05, 4.69) is 60.8 Å². The van der Waals surface area contributed by atoms with Crippen LogP contribution in [0.4, 0.5) is 5.69 Å². The van der Waals surface area contributed by atoms with Crippen molar-refractivity contribution < 1.29 is 9.84 Å². The normalized spacial score (nSPS) is 12.4. The predicted octanol–water partition coefficient (Wildman–Crippen LogP) is 6.11. The molecule has 0 bridgehead atoms. The third-order valence-electron chi connectivity index (χ3n) is 5.11. The zero-order valence-corrected chi connectivity index (χ0v) is 19.4. The number of anilines is 1. The first-order valence-electron chi connectivity index (χ1n) is 9.41. The van der Waals surface area contributed by atoms with Crippen molar-refractivity contribution in [3.8, 4) is 5.75 Å². The number of methoxy groups -OCH3 is 1. The number of hydrogen-bond donors (Lipinski definition) is 2. The van der Waals surface area contributed by atoms with Gasteiger partial charge in [-0.2, -0.15) is 0 Å². The number of halogens is 2. The van der Waals surface area contributed by atoms with Crippen molar-refractivity contribution in [1.82, 2.24) is 4.57 Å². The largest absolute Gasteiger partial charge is 0.496 e. The molecule has 1 heterocycles. The van der Waals surface area contributed by atoms with Crippen molar-refractivity contribution in [3.63, 3.8) is 0 Å². The number of aromatic nitrogens is 1. The van der Waals surface area contributed by atoms with Crippen LogP contribution in [0.15, 0.2) is 63.5 Å². The van der Waals surface area contributed by atoms with Gasteiger partial charge in [0.2, 0.25) is 0 Å². The van der Waals surface area contributed by atoms with Crippen LogP contribution in [0.25, 0.3) is 21.8 Å². The average Bonchev–Trinajstić information content (AvgIpc) is 3.04. The Hall–Kier alpha value is -2.02. The highest BCUT2D eigenvalue weighted by Gasteiger charge is 2.20. The second kappa shape index (κ2) is 8.38. The van der Waals surface area contributed by atoms with Crippen LogP contribution in [0, 0.1) is 6.92 Å². The van der Waals surface area contributed by atoms with Crippen LogP contribution in [0.5, 0.6) is 5.75 Å². The van der Waals surface area contributed by atoms with E-state index in [1.807, 2.05) is 42.5 Å². The van der Waals surface area contributed by atoms with Crippen LogP contribution in [0.2, 0.25) is 0 Å². The molecule has 0 aliphatic rings. The molecule has 4 nitrogen and oxygen atoms in total. The van der Waals surface area contributed by atoms with Gasteiger partial charge >= 0.3 is 0 Å². The fraction of sp³-hybridized carbons (Fsp3) is 0.217. The van der Waals surface area contributed by atoms with Gasteiger partial charge in [0.05, 0.1) is 29.7 Å². The minimum Gasteiger partial charge on any atom is -0.496 e. The molecule has 0 aliphatic heterocycles. The van der Waals surface area contributed by atoms with Gasteiger partial charge < -0.3 is 19.7 Å². The number of nitrogens with one attached hydrogen (secondary N) is 1. The van der Waals surface area contributed by atoms with Crippen molar-refractivity contribution in [2.75, 3.05) is 19.0 Å². The standard InChI is InChI=1S/C23H22Br2N2O2/c1-14-10-20(29-2)22(25)21-18-11-15(24)8-9-19(18)27(23(14)21)13-17(28)12-26-16-6-4-3-5-7-16/h3-11,17,26,28H,12-13H2,1-2H3. The molecule has 4 aromatic rings. The fourth-order valence-electron chi connectivity index (χ4n) is 3.82. The Bertz CT molecular complexity index is 1170. The first-order chi connectivity index (χ1) is 14.0. The topological polar surface area (TPSA) is 46.4 Å². The maximum Gasteiger partial charge on any atom is 0.134 e. The fourth-order valence-corrected chi connectivity index (χ4v) is 4.85. The highest BCUT2D eigenvalue weighted by molar-refractivity contribution is 9.11. The first kappa shape index (κ1) is 20.3. The Morgan fingerprint density at radius 3 is 2.59 bits per heavy atom. The lowest BCUT2D eigenvalue weighted by Gasteiger charge is -2.17. The third-order valence-corrected chi connectivity index (χ3v) is 6.39. The number of benzene rings is 3. The van der Waals surface area contributed by atoms with Crippen LogP contribution < -0.4 is 10.1 Å². The summed E-state index contributed by atoms with van der Waals surface area (Å²) in [5.74, 6) is 0.806. The lowest BCUT2D eigenvalue weighted by molar-refractivity contribution is 0.169. The molecule has 6 heteroatoms. The molecule has 1 atom stereocenters. The van der Waals surface area contributed by atoms with E-state index in [1.165, 1.54) is 0 Å². The average molecular weight is 518 g/mol. The SMILES string of the molecule is COc1cc(C)c2c(c1Br)c1cc(Br)ccc1n2CC(O)CNc1ccccc1. The third kappa shape index (κ3) is 3.89. The van der Waals surface area contributed by atoms with E-state index in [-0.39, 0.29) is 0 Å². The summed E-state index contributed by atoms with van der Waals surface area (Å²) in [4.78, 5) is 0. The molecule has 0 radical (unpaired) electrons. The lowest BCUT2D eigenvalue weighted by Crippen LogP contribution is -2.25. The Kier molecular flexibility index (Phi) is 5.86. The van der Waals surface area contributed by atoms with Gasteiger partial charge in [0.1, 0.15) is 5.75 Å². The Morgan fingerprint density at radius 2 is 1.86 bits per heavy atom. The number of aliphatic hydroxyl groups excluding tert-OH is 1. The van der Waals surface area contributed by atoms with Gasteiger partial charge in [-0.25, -0.2) is 0 Å². The summed E-state index contributed by atoms with van der Waals surface area (Å²) in [5, 5.41) is 16.3. The van der Waals surface area contributed by atoms with Gasteiger partial charge in [-0.15, -0.1) is 0 Å². The Labute approximate surface area is 186 Å². The summed E-state index contributed by atoms with van der Waals surface area (Å²) < 4.78 is 9.71. The van der Waals surface area contributed by atoms with Gasteiger partial charge in [-0.3, -0.25) is 0 Å². The van der Waals surface area contributed by atoms with Crippen LogP contribution in [0.1, 0.15) is 5.56 Å². The summed E-state index contributed by atoms with van der Waals surface area (Å²) in [6, 6.07) is 18.2. The molecule has 4 rings (SSSR count). The van der Waals surface area contributed by atoms with E-state index >= 15 is 0 Å². The van der Waals surface area contributed by atoms with E-state index in [9.17, 15) is 5.11 Å². The number of rotatable bonds is 6. The summed E-state index contributed by atoms with van der Waals surface area (Å²) in [7, 11) is 1.68. The highest BCUT2D eigenvalue weighted by atomic mass is 79.9. The molecule has 0 amide bonds. The van der Waals surface area contributed by atoms with E-state index in [1.54, 1.807) is 7.11 Å². The monoisotopic (exact) mass is 516 g/mol. The van der Waals surface area contributed by atoms with Crippen LogP contribution in [0.3, 0.4) is 0 Å². The molecule has 0 aliphatic carbocycles. The molecule has 1 aromatic heterocycles. The lowest BCUT2D eigenvalue weighted by atomic mass is 10.1. The van der Waals surface area contributed by atoms with E-state index in [4.69, 9.17) is 4.74 Å². The van der Waals surface area contributed by atoms with Gasteiger partial charge in [-0.05, 0) is 64.8 Å². The zero-order valence-electron chi connectivity index (χ0n) is 16.2. The van der Waals surface area contributed by atoms with E-state index < -0.39 is 6.10 Å². The molecule has 29 heavy (non-hydrogen) atoms. The van der Waals surface area contributed by atoms with Crippen molar-refractivity contribution in [2.24, 2.45) is 0 Å². The molecular weight excluding hydrogens is 496 g/mol. The minimum atomic E-state index is -0.544. The molecular formula is C23H22Br2N2O2. The Morgan fingerprint density at radius 1 is 1.10 bits per heavy atom. The molecule has 3 aromatic carbocycles.